The summed E-state index contributed by atoms with van der Waals surface area (Å²) in [6, 6.07) is 15.4. The van der Waals surface area contributed by atoms with E-state index in [0.717, 1.165) is 27.4 Å². The smallest absolute Gasteiger partial charge is 0.161 e. The van der Waals surface area contributed by atoms with Gasteiger partial charge in [0.1, 0.15) is 5.75 Å². The van der Waals surface area contributed by atoms with E-state index >= 15 is 0 Å². The maximum atomic E-state index is 10.5. The van der Waals surface area contributed by atoms with Crippen molar-refractivity contribution in [2.45, 2.75) is 13.5 Å². The molecule has 1 aromatic carbocycles. The van der Waals surface area contributed by atoms with Crippen molar-refractivity contribution in [2.75, 3.05) is 12.2 Å². The van der Waals surface area contributed by atoms with Crippen LogP contribution in [0.5, 0.6) is 5.75 Å². The van der Waals surface area contributed by atoms with Crippen LogP contribution in [0.25, 0.3) is 11.3 Å². The minimum absolute atomic E-state index is 0.347. The molecule has 0 saturated carbocycles. The summed E-state index contributed by atoms with van der Waals surface area (Å²) in [5.41, 5.74) is 3.50. The molecule has 0 spiro atoms. The molecule has 1 N–H and O–H groups in total. The summed E-state index contributed by atoms with van der Waals surface area (Å²) in [5, 5.41) is 11.7. The summed E-state index contributed by atoms with van der Waals surface area (Å²) in [4.78, 5) is 8.81. The van der Waals surface area contributed by atoms with Crippen molar-refractivity contribution in [3.63, 3.8) is 0 Å². The molecule has 0 aliphatic rings. The normalized spacial score (nSPS) is 10.5. The zero-order valence-electron chi connectivity index (χ0n) is 13.7. The standard InChI is InChI=1S/C19H19N3O2/c1-14-10-17(18-9-8-16(24-2)12-20-18)19(21-11-14)22(23)13-15-6-4-3-5-7-15/h3-12,23H,13H2,1-2H3. The van der Waals surface area contributed by atoms with Gasteiger partial charge in [-0.1, -0.05) is 30.3 Å². The van der Waals surface area contributed by atoms with E-state index in [2.05, 4.69) is 9.97 Å². The molecule has 3 rings (SSSR count). The van der Waals surface area contributed by atoms with Gasteiger partial charge in [0.2, 0.25) is 0 Å². The summed E-state index contributed by atoms with van der Waals surface area (Å²) in [6.45, 7) is 2.31. The Morgan fingerprint density at radius 3 is 2.50 bits per heavy atom. The lowest BCUT2D eigenvalue weighted by atomic mass is 10.1. The molecule has 0 radical (unpaired) electrons. The van der Waals surface area contributed by atoms with Gasteiger partial charge in [0.05, 0.1) is 25.5 Å². The molecule has 0 fully saturated rings. The van der Waals surface area contributed by atoms with Gasteiger partial charge in [0, 0.05) is 11.8 Å². The Bertz CT molecular complexity index is 805. The van der Waals surface area contributed by atoms with Gasteiger partial charge in [-0.3, -0.25) is 10.2 Å². The van der Waals surface area contributed by atoms with Crippen LogP contribution >= 0.6 is 0 Å². The van der Waals surface area contributed by atoms with Crippen LogP contribution in [0.3, 0.4) is 0 Å². The number of nitrogens with zero attached hydrogens (tertiary/aromatic N) is 3. The Labute approximate surface area is 141 Å². The van der Waals surface area contributed by atoms with Crippen LogP contribution in [0.15, 0.2) is 60.9 Å². The average molecular weight is 321 g/mol. The molecular weight excluding hydrogens is 302 g/mol. The largest absolute Gasteiger partial charge is 0.495 e. The summed E-state index contributed by atoms with van der Waals surface area (Å²) in [6.07, 6.45) is 3.39. The first-order valence-electron chi connectivity index (χ1n) is 7.65. The number of pyridine rings is 2. The second kappa shape index (κ2) is 7.10. The van der Waals surface area contributed by atoms with Gasteiger partial charge < -0.3 is 4.74 Å². The molecule has 24 heavy (non-hydrogen) atoms. The van der Waals surface area contributed by atoms with Gasteiger partial charge in [0.15, 0.2) is 5.82 Å². The minimum Gasteiger partial charge on any atom is -0.495 e. The van der Waals surface area contributed by atoms with Gasteiger partial charge >= 0.3 is 0 Å². The second-order valence-electron chi connectivity index (χ2n) is 5.51. The van der Waals surface area contributed by atoms with Crippen molar-refractivity contribution in [3.8, 4) is 17.0 Å². The van der Waals surface area contributed by atoms with Crippen molar-refractivity contribution in [1.29, 1.82) is 0 Å². The summed E-state index contributed by atoms with van der Waals surface area (Å²) < 4.78 is 5.15. The Morgan fingerprint density at radius 2 is 1.83 bits per heavy atom. The van der Waals surface area contributed by atoms with Crippen molar-refractivity contribution in [1.82, 2.24) is 9.97 Å². The Morgan fingerprint density at radius 1 is 1.04 bits per heavy atom. The molecule has 0 bridgehead atoms. The van der Waals surface area contributed by atoms with Gasteiger partial charge in [-0.15, -0.1) is 0 Å². The molecular formula is C19H19N3O2. The summed E-state index contributed by atoms with van der Waals surface area (Å²) in [5.74, 6) is 1.16. The number of hydrogen-bond donors (Lipinski definition) is 1. The van der Waals surface area contributed by atoms with E-state index in [0.29, 0.717) is 18.1 Å². The maximum Gasteiger partial charge on any atom is 0.161 e. The molecule has 2 aromatic heterocycles. The molecule has 3 aromatic rings. The first-order chi connectivity index (χ1) is 11.7. The Hall–Kier alpha value is -2.92. The lowest BCUT2D eigenvalue weighted by Crippen LogP contribution is -2.19. The van der Waals surface area contributed by atoms with Gasteiger partial charge in [-0.25, -0.2) is 10.0 Å². The highest BCUT2D eigenvalue weighted by atomic mass is 16.5. The fraction of sp³-hybridized carbons (Fsp3) is 0.158. The first-order valence-corrected chi connectivity index (χ1v) is 7.65. The second-order valence-corrected chi connectivity index (χ2v) is 5.51. The number of anilines is 1. The molecule has 0 saturated heterocycles. The SMILES string of the molecule is COc1ccc(-c2cc(C)cnc2N(O)Cc2ccccc2)nc1. The minimum atomic E-state index is 0.347. The van der Waals surface area contributed by atoms with E-state index in [4.69, 9.17) is 4.74 Å². The van der Waals surface area contributed by atoms with Crippen molar-refractivity contribution in [2.24, 2.45) is 0 Å². The topological polar surface area (TPSA) is 58.5 Å². The number of benzene rings is 1. The third-order valence-electron chi connectivity index (χ3n) is 3.67. The van der Waals surface area contributed by atoms with E-state index in [9.17, 15) is 5.21 Å². The predicted molar refractivity (Wildman–Crippen MR) is 93.2 cm³/mol. The highest BCUT2D eigenvalue weighted by Gasteiger charge is 2.14. The van der Waals surface area contributed by atoms with Crippen LogP contribution in [0.1, 0.15) is 11.1 Å². The quantitative estimate of drug-likeness (QED) is 0.723. The van der Waals surface area contributed by atoms with Crippen LogP contribution in [0.2, 0.25) is 0 Å². The number of hydroxylamine groups is 1. The molecule has 5 nitrogen and oxygen atoms in total. The number of ether oxygens (including phenoxy) is 1. The fourth-order valence-electron chi connectivity index (χ4n) is 2.45. The lowest BCUT2D eigenvalue weighted by Gasteiger charge is -2.19. The van der Waals surface area contributed by atoms with Crippen molar-refractivity contribution < 1.29 is 9.94 Å². The van der Waals surface area contributed by atoms with Crippen molar-refractivity contribution in [3.05, 3.63) is 72.1 Å². The fourth-order valence-corrected chi connectivity index (χ4v) is 2.45. The monoisotopic (exact) mass is 321 g/mol. The molecule has 0 unspecified atom stereocenters. The third-order valence-corrected chi connectivity index (χ3v) is 3.67. The van der Waals surface area contributed by atoms with E-state index in [1.165, 1.54) is 0 Å². The zero-order valence-corrected chi connectivity index (χ0v) is 13.7. The summed E-state index contributed by atoms with van der Waals surface area (Å²) >= 11 is 0. The predicted octanol–water partition coefficient (Wildman–Crippen LogP) is 3.86. The first kappa shape index (κ1) is 16.0. The number of methoxy groups -OCH3 is 1. The Kier molecular flexibility index (Phi) is 4.72. The van der Waals surface area contributed by atoms with Crippen LogP contribution in [-0.4, -0.2) is 22.3 Å². The molecule has 2 heterocycles. The highest BCUT2D eigenvalue weighted by Crippen LogP contribution is 2.29. The molecule has 0 amide bonds. The molecule has 0 aliphatic carbocycles. The van der Waals surface area contributed by atoms with Crippen LogP contribution in [0, 0.1) is 6.92 Å². The van der Waals surface area contributed by atoms with E-state index < -0.39 is 0 Å². The van der Waals surface area contributed by atoms with Crippen LogP contribution in [0.4, 0.5) is 5.82 Å². The summed E-state index contributed by atoms with van der Waals surface area (Å²) in [7, 11) is 1.60. The van der Waals surface area contributed by atoms with Crippen LogP contribution < -0.4 is 9.80 Å². The zero-order chi connectivity index (χ0) is 16.9. The highest BCUT2D eigenvalue weighted by molar-refractivity contribution is 5.73. The maximum absolute atomic E-state index is 10.5. The molecule has 0 atom stereocenters. The van der Waals surface area contributed by atoms with Crippen LogP contribution in [-0.2, 0) is 6.54 Å². The molecule has 0 aliphatic heterocycles. The van der Waals surface area contributed by atoms with E-state index in [1.54, 1.807) is 19.5 Å². The van der Waals surface area contributed by atoms with E-state index in [-0.39, 0.29) is 0 Å². The number of aryl methyl sites for hydroxylation is 1. The molecule has 122 valence electrons. The van der Waals surface area contributed by atoms with Gasteiger partial charge in [-0.2, -0.15) is 0 Å². The average Bonchev–Trinajstić information content (AvgIpc) is 2.62. The number of rotatable bonds is 5. The number of hydrogen-bond acceptors (Lipinski definition) is 5. The Balaban J connectivity index is 1.95. The van der Waals surface area contributed by atoms with Gasteiger partial charge in [0.25, 0.3) is 0 Å². The van der Waals surface area contributed by atoms with E-state index in [1.807, 2.05) is 55.5 Å². The van der Waals surface area contributed by atoms with Crippen molar-refractivity contribution >= 4 is 5.82 Å². The lowest BCUT2D eigenvalue weighted by molar-refractivity contribution is 0.247. The molecule has 5 heteroatoms. The number of aromatic nitrogens is 2. The third kappa shape index (κ3) is 3.52. The van der Waals surface area contributed by atoms with Gasteiger partial charge in [-0.05, 0) is 36.2 Å².